The summed E-state index contributed by atoms with van der Waals surface area (Å²) in [5, 5.41) is 0.0820. The molecule has 1 amide bonds. The van der Waals surface area contributed by atoms with Crippen molar-refractivity contribution in [3.63, 3.8) is 0 Å². The van der Waals surface area contributed by atoms with Crippen LogP contribution in [0.1, 0.15) is 47.1 Å². The SMILES string of the molecule is C=C(/C=C/N(Cc1ccccc1)C(=O)OC(C)(C)C)O[Si](C)(C)C(C)(C)C. The minimum atomic E-state index is -1.96. The molecule has 0 aliphatic rings. The van der Waals surface area contributed by atoms with Crippen LogP contribution in [0.2, 0.25) is 18.1 Å². The molecule has 27 heavy (non-hydrogen) atoms. The average molecular weight is 390 g/mol. The van der Waals surface area contributed by atoms with Crippen molar-refractivity contribution in [3.8, 4) is 0 Å². The highest BCUT2D eigenvalue weighted by Gasteiger charge is 2.38. The third-order valence-corrected chi connectivity index (χ3v) is 8.84. The van der Waals surface area contributed by atoms with Crippen molar-refractivity contribution in [2.24, 2.45) is 0 Å². The van der Waals surface area contributed by atoms with Gasteiger partial charge in [0.2, 0.25) is 8.32 Å². The highest BCUT2D eigenvalue weighted by molar-refractivity contribution is 6.74. The summed E-state index contributed by atoms with van der Waals surface area (Å²) < 4.78 is 11.7. The Morgan fingerprint density at radius 3 is 2.15 bits per heavy atom. The van der Waals surface area contributed by atoms with Crippen molar-refractivity contribution in [2.75, 3.05) is 0 Å². The Morgan fingerprint density at radius 2 is 1.67 bits per heavy atom. The van der Waals surface area contributed by atoms with Gasteiger partial charge in [0, 0.05) is 6.20 Å². The predicted molar refractivity (Wildman–Crippen MR) is 115 cm³/mol. The van der Waals surface area contributed by atoms with Crippen LogP contribution in [0.15, 0.2) is 54.9 Å². The summed E-state index contributed by atoms with van der Waals surface area (Å²) in [6.07, 6.45) is 3.03. The molecule has 0 spiro atoms. The normalized spacial score (nSPS) is 12.7. The molecule has 1 aromatic carbocycles. The number of rotatable bonds is 6. The Morgan fingerprint density at radius 1 is 1.11 bits per heavy atom. The minimum Gasteiger partial charge on any atom is -0.544 e. The fraction of sp³-hybridized carbons (Fsp3) is 0.500. The van der Waals surface area contributed by atoms with Gasteiger partial charge in [-0.1, -0.05) is 57.7 Å². The molecule has 1 aromatic rings. The van der Waals surface area contributed by atoms with Crippen LogP contribution < -0.4 is 0 Å². The van der Waals surface area contributed by atoms with Crippen LogP contribution in [0, 0.1) is 0 Å². The molecule has 0 aromatic heterocycles. The lowest BCUT2D eigenvalue weighted by atomic mass is 10.2. The second kappa shape index (κ2) is 8.78. The lowest BCUT2D eigenvalue weighted by Gasteiger charge is -2.36. The van der Waals surface area contributed by atoms with E-state index in [9.17, 15) is 4.79 Å². The number of hydrogen-bond donors (Lipinski definition) is 0. The monoisotopic (exact) mass is 389 g/mol. The maximum Gasteiger partial charge on any atom is 0.414 e. The molecule has 0 saturated carbocycles. The number of ether oxygens (including phenoxy) is 1. The highest BCUT2D eigenvalue weighted by Crippen LogP contribution is 2.37. The van der Waals surface area contributed by atoms with Gasteiger partial charge in [-0.2, -0.15) is 0 Å². The molecular weight excluding hydrogens is 354 g/mol. The van der Waals surface area contributed by atoms with Crippen molar-refractivity contribution in [3.05, 3.63) is 60.5 Å². The molecule has 0 aliphatic carbocycles. The second-order valence-electron chi connectivity index (χ2n) is 9.24. The molecule has 0 N–H and O–H groups in total. The molecule has 0 atom stereocenters. The molecule has 0 saturated heterocycles. The molecule has 0 heterocycles. The van der Waals surface area contributed by atoms with E-state index in [-0.39, 0.29) is 5.04 Å². The summed E-state index contributed by atoms with van der Waals surface area (Å²) in [6, 6.07) is 9.81. The third-order valence-electron chi connectivity index (χ3n) is 4.46. The van der Waals surface area contributed by atoms with Gasteiger partial charge in [0.05, 0.1) is 12.3 Å². The minimum absolute atomic E-state index is 0.0820. The van der Waals surface area contributed by atoms with E-state index in [1.165, 1.54) is 0 Å². The number of amides is 1. The lowest BCUT2D eigenvalue weighted by Crippen LogP contribution is -2.40. The summed E-state index contributed by atoms with van der Waals surface area (Å²) in [5.74, 6) is 0.559. The number of carbonyl (C=O) groups excluding carboxylic acids is 1. The van der Waals surface area contributed by atoms with Crippen LogP contribution in [0.25, 0.3) is 0 Å². The van der Waals surface area contributed by atoms with E-state index < -0.39 is 20.0 Å². The average Bonchev–Trinajstić information content (AvgIpc) is 2.49. The first kappa shape index (κ1) is 23.0. The molecule has 0 radical (unpaired) electrons. The van der Waals surface area contributed by atoms with E-state index in [1.807, 2.05) is 51.1 Å². The van der Waals surface area contributed by atoms with Gasteiger partial charge in [-0.3, -0.25) is 4.90 Å². The number of carbonyl (C=O) groups is 1. The van der Waals surface area contributed by atoms with Crippen molar-refractivity contribution >= 4 is 14.4 Å². The molecule has 0 unspecified atom stereocenters. The zero-order valence-corrected chi connectivity index (χ0v) is 19.1. The van der Waals surface area contributed by atoms with Gasteiger partial charge in [-0.25, -0.2) is 4.79 Å². The van der Waals surface area contributed by atoms with Crippen LogP contribution in [0.5, 0.6) is 0 Å². The van der Waals surface area contributed by atoms with Crippen molar-refractivity contribution < 1.29 is 14.0 Å². The van der Waals surface area contributed by atoms with Gasteiger partial charge < -0.3 is 9.16 Å². The molecule has 4 nitrogen and oxygen atoms in total. The maximum absolute atomic E-state index is 12.6. The second-order valence-corrected chi connectivity index (χ2v) is 14.0. The first-order chi connectivity index (χ1) is 12.2. The Hall–Kier alpha value is -2.01. The Labute approximate surface area is 166 Å². The Balaban J connectivity index is 2.94. The van der Waals surface area contributed by atoms with E-state index in [0.717, 1.165) is 5.56 Å². The van der Waals surface area contributed by atoms with Crippen LogP contribution in [0.4, 0.5) is 4.79 Å². The van der Waals surface area contributed by atoms with Crippen molar-refractivity contribution in [1.82, 2.24) is 4.90 Å². The van der Waals surface area contributed by atoms with E-state index in [1.54, 1.807) is 17.2 Å². The van der Waals surface area contributed by atoms with Crippen LogP contribution in [-0.2, 0) is 15.7 Å². The zero-order valence-electron chi connectivity index (χ0n) is 18.1. The van der Waals surface area contributed by atoms with Gasteiger partial charge in [0.1, 0.15) is 5.60 Å². The number of benzene rings is 1. The standard InChI is InChI=1S/C22H35NO3Si/c1-18(26-27(8,9)22(5,6)7)15-16-23(20(24)25-21(2,3)4)17-19-13-11-10-12-14-19/h10-16H,1,17H2,2-9H3/b16-15+. The highest BCUT2D eigenvalue weighted by atomic mass is 28.4. The topological polar surface area (TPSA) is 38.8 Å². The molecule has 0 aliphatic heterocycles. The third kappa shape index (κ3) is 8.04. The quantitative estimate of drug-likeness (QED) is 0.318. The van der Waals surface area contributed by atoms with Gasteiger partial charge >= 0.3 is 6.09 Å². The summed E-state index contributed by atoms with van der Waals surface area (Å²) in [7, 11) is -1.96. The smallest absolute Gasteiger partial charge is 0.414 e. The molecule has 1 rings (SSSR count). The summed E-state index contributed by atoms with van der Waals surface area (Å²) >= 11 is 0. The lowest BCUT2D eigenvalue weighted by molar-refractivity contribution is 0.0323. The van der Waals surface area contributed by atoms with E-state index in [4.69, 9.17) is 9.16 Å². The molecule has 0 bridgehead atoms. The molecule has 5 heteroatoms. The first-order valence-electron chi connectivity index (χ1n) is 9.31. The van der Waals surface area contributed by atoms with Crippen LogP contribution >= 0.6 is 0 Å². The van der Waals surface area contributed by atoms with Crippen LogP contribution in [0.3, 0.4) is 0 Å². The summed E-state index contributed by atoms with van der Waals surface area (Å²) in [6.45, 7) is 20.9. The van der Waals surface area contributed by atoms with E-state index in [0.29, 0.717) is 12.3 Å². The van der Waals surface area contributed by atoms with Gasteiger partial charge in [0.15, 0.2) is 0 Å². The van der Waals surface area contributed by atoms with Gasteiger partial charge in [-0.05, 0) is 50.5 Å². The molecular formula is C22H35NO3Si. The van der Waals surface area contributed by atoms with E-state index >= 15 is 0 Å². The van der Waals surface area contributed by atoms with Crippen molar-refractivity contribution in [1.29, 1.82) is 0 Å². The van der Waals surface area contributed by atoms with Gasteiger partial charge in [-0.15, -0.1) is 0 Å². The fourth-order valence-corrected chi connectivity index (χ4v) is 3.00. The van der Waals surface area contributed by atoms with Crippen LogP contribution in [-0.4, -0.2) is 24.9 Å². The van der Waals surface area contributed by atoms with E-state index in [2.05, 4.69) is 40.4 Å². The largest absolute Gasteiger partial charge is 0.544 e. The molecule has 150 valence electrons. The Kier molecular flexibility index (Phi) is 7.49. The zero-order chi connectivity index (χ0) is 20.9. The van der Waals surface area contributed by atoms with Gasteiger partial charge in [0.25, 0.3) is 0 Å². The summed E-state index contributed by atoms with van der Waals surface area (Å²) in [5.41, 5.74) is 0.457. The summed E-state index contributed by atoms with van der Waals surface area (Å²) in [4.78, 5) is 14.2. The first-order valence-corrected chi connectivity index (χ1v) is 12.2. The van der Waals surface area contributed by atoms with Crippen molar-refractivity contribution in [2.45, 2.75) is 71.8 Å². The number of allylic oxidation sites excluding steroid dienone is 1. The number of nitrogens with zero attached hydrogens (tertiary/aromatic N) is 1. The maximum atomic E-state index is 12.6. The number of hydrogen-bond acceptors (Lipinski definition) is 3. The fourth-order valence-electron chi connectivity index (χ4n) is 1.97. The molecule has 0 fully saturated rings. The predicted octanol–water partition coefficient (Wildman–Crippen LogP) is 6.47. The Bertz CT molecular complexity index is 667.